The summed E-state index contributed by atoms with van der Waals surface area (Å²) in [6.07, 6.45) is 3.46. The molecule has 0 radical (unpaired) electrons. The van der Waals surface area contributed by atoms with Crippen LogP contribution in [-0.2, 0) is 36.8 Å². The second kappa shape index (κ2) is 12.3. The van der Waals surface area contributed by atoms with Crippen molar-refractivity contribution in [2.45, 2.75) is 77.6 Å². The highest BCUT2D eigenvalue weighted by Gasteiger charge is 2.69. The fourth-order valence-electron chi connectivity index (χ4n) is 6.70. The Kier molecular flexibility index (Phi) is 9.18. The SMILES string of the molecule is C=CCNC(=O)C(=O)C(CC=C)NC(=O)C1C2C(CN1C(=O)C(NC(=O)OC(C)(C)C)C1Cc3ccccc3C1)C2(C)C. The van der Waals surface area contributed by atoms with E-state index in [4.69, 9.17) is 4.74 Å². The van der Waals surface area contributed by atoms with E-state index in [1.165, 1.54) is 12.2 Å². The summed E-state index contributed by atoms with van der Waals surface area (Å²) in [6.45, 7) is 17.0. The van der Waals surface area contributed by atoms with Gasteiger partial charge in [0.15, 0.2) is 0 Å². The van der Waals surface area contributed by atoms with Crippen molar-refractivity contribution < 1.29 is 28.7 Å². The van der Waals surface area contributed by atoms with Crippen molar-refractivity contribution in [1.29, 1.82) is 0 Å². The van der Waals surface area contributed by atoms with E-state index >= 15 is 0 Å². The molecule has 2 aliphatic carbocycles. The number of rotatable bonds is 11. The molecular formula is C33H44N4O6. The van der Waals surface area contributed by atoms with Gasteiger partial charge in [-0.2, -0.15) is 0 Å². The van der Waals surface area contributed by atoms with Gasteiger partial charge in [0.1, 0.15) is 23.7 Å². The zero-order chi connectivity index (χ0) is 31.7. The van der Waals surface area contributed by atoms with Crippen LogP contribution in [0.4, 0.5) is 4.79 Å². The predicted molar refractivity (Wildman–Crippen MR) is 162 cm³/mol. The third-order valence-electron chi connectivity index (χ3n) is 8.92. The maximum Gasteiger partial charge on any atom is 0.408 e. The lowest BCUT2D eigenvalue weighted by Crippen LogP contribution is -2.59. The van der Waals surface area contributed by atoms with E-state index in [1.807, 2.05) is 24.3 Å². The Balaban J connectivity index is 1.59. The highest BCUT2D eigenvalue weighted by atomic mass is 16.6. The van der Waals surface area contributed by atoms with E-state index in [0.717, 1.165) is 11.1 Å². The lowest BCUT2D eigenvalue weighted by Gasteiger charge is -2.35. The first-order chi connectivity index (χ1) is 20.2. The average molecular weight is 593 g/mol. The minimum atomic E-state index is -1.13. The van der Waals surface area contributed by atoms with E-state index in [2.05, 4.69) is 43.0 Å². The van der Waals surface area contributed by atoms with Gasteiger partial charge in [-0.3, -0.25) is 19.2 Å². The fraction of sp³-hybridized carbons (Fsp3) is 0.545. The first kappa shape index (κ1) is 32.0. The molecule has 1 aliphatic heterocycles. The molecule has 43 heavy (non-hydrogen) atoms. The summed E-state index contributed by atoms with van der Waals surface area (Å²) in [5.74, 6) is -2.77. The summed E-state index contributed by atoms with van der Waals surface area (Å²) >= 11 is 0. The molecule has 0 spiro atoms. The predicted octanol–water partition coefficient (Wildman–Crippen LogP) is 2.71. The molecule has 10 nitrogen and oxygen atoms in total. The van der Waals surface area contributed by atoms with E-state index in [0.29, 0.717) is 19.4 Å². The molecule has 3 aliphatic rings. The number of carbonyl (C=O) groups is 5. The minimum Gasteiger partial charge on any atom is -0.444 e. The molecule has 232 valence electrons. The highest BCUT2D eigenvalue weighted by Crippen LogP contribution is 2.65. The number of amides is 4. The van der Waals surface area contributed by atoms with Crippen LogP contribution in [0.15, 0.2) is 49.6 Å². The van der Waals surface area contributed by atoms with E-state index in [1.54, 1.807) is 25.7 Å². The number of hydrogen-bond acceptors (Lipinski definition) is 6. The smallest absolute Gasteiger partial charge is 0.408 e. The number of likely N-dealkylation sites (tertiary alicyclic amines) is 1. The number of carbonyl (C=O) groups excluding carboxylic acids is 5. The molecule has 1 saturated carbocycles. The van der Waals surface area contributed by atoms with Gasteiger partial charge in [-0.05, 0) is 74.3 Å². The molecule has 2 fully saturated rings. The van der Waals surface area contributed by atoms with Crippen molar-refractivity contribution in [2.24, 2.45) is 23.2 Å². The molecule has 1 aromatic carbocycles. The number of ketones is 1. The van der Waals surface area contributed by atoms with Crippen LogP contribution in [0.5, 0.6) is 0 Å². The molecule has 1 heterocycles. The van der Waals surface area contributed by atoms with E-state index in [-0.39, 0.29) is 42.0 Å². The van der Waals surface area contributed by atoms with E-state index in [9.17, 15) is 24.0 Å². The third kappa shape index (κ3) is 6.84. The van der Waals surface area contributed by atoms with Gasteiger partial charge in [-0.25, -0.2) is 4.79 Å². The topological polar surface area (TPSA) is 134 Å². The maximum absolute atomic E-state index is 14.4. The summed E-state index contributed by atoms with van der Waals surface area (Å²) in [6, 6.07) is 5.03. The Bertz CT molecular complexity index is 1290. The molecule has 4 rings (SSSR count). The number of Topliss-reactive ketones (excluding diaryl/α,β-unsaturated/α-hetero) is 1. The van der Waals surface area contributed by atoms with Crippen LogP contribution < -0.4 is 16.0 Å². The zero-order valence-electron chi connectivity index (χ0n) is 25.8. The highest BCUT2D eigenvalue weighted by molar-refractivity contribution is 6.38. The number of nitrogens with zero attached hydrogens (tertiary/aromatic N) is 1. The van der Waals surface area contributed by atoms with Crippen LogP contribution in [0.3, 0.4) is 0 Å². The number of nitrogens with one attached hydrogen (secondary N) is 3. The van der Waals surface area contributed by atoms with E-state index < -0.39 is 47.4 Å². The largest absolute Gasteiger partial charge is 0.444 e. The lowest BCUT2D eigenvalue weighted by molar-refractivity contribution is -0.144. The first-order valence-corrected chi connectivity index (χ1v) is 14.9. The van der Waals surface area contributed by atoms with Crippen molar-refractivity contribution in [3.8, 4) is 0 Å². The molecule has 5 unspecified atom stereocenters. The standard InChI is InChI=1S/C33H44N4O6/c1-8-12-23(27(38)29(40)34-15-9-2)35-28(39)26-24-22(33(24,6)7)18-37(26)30(41)25(36-31(42)43-32(3,4)5)21-16-19-13-10-11-14-20(19)17-21/h8-11,13-14,21-26H,1-2,12,15-18H2,3-7H3,(H,34,40)(H,35,39)(H,36,42). The third-order valence-corrected chi connectivity index (χ3v) is 8.92. The van der Waals surface area contributed by atoms with Gasteiger partial charge in [-0.1, -0.05) is 50.3 Å². The molecule has 0 bridgehead atoms. The molecule has 10 heteroatoms. The van der Waals surface area contributed by atoms with Crippen LogP contribution >= 0.6 is 0 Å². The average Bonchev–Trinajstić information content (AvgIpc) is 3.30. The summed E-state index contributed by atoms with van der Waals surface area (Å²) in [5.41, 5.74) is 1.30. The number of piperidine rings is 1. The Morgan fingerprint density at radius 3 is 2.23 bits per heavy atom. The number of ether oxygens (including phenoxy) is 1. The number of benzene rings is 1. The van der Waals surface area contributed by atoms with Gasteiger partial charge in [0.25, 0.3) is 5.91 Å². The normalized spacial score (nSPS) is 23.2. The van der Waals surface area contributed by atoms with Crippen molar-refractivity contribution >= 4 is 29.6 Å². The molecule has 3 N–H and O–H groups in total. The Morgan fingerprint density at radius 2 is 1.67 bits per heavy atom. The van der Waals surface area contributed by atoms with Gasteiger partial charge in [0.05, 0.1) is 0 Å². The lowest BCUT2D eigenvalue weighted by atomic mass is 9.93. The number of fused-ring (bicyclic) bond motifs is 2. The van der Waals surface area contributed by atoms with Crippen molar-refractivity contribution in [2.75, 3.05) is 13.1 Å². The fourth-order valence-corrected chi connectivity index (χ4v) is 6.70. The Hall–Kier alpha value is -3.95. The van der Waals surface area contributed by atoms with Crippen LogP contribution in [0.2, 0.25) is 0 Å². The molecule has 0 aromatic heterocycles. The minimum absolute atomic E-state index is 0.0490. The van der Waals surface area contributed by atoms with Crippen molar-refractivity contribution in [3.63, 3.8) is 0 Å². The quantitative estimate of drug-likeness (QED) is 0.267. The number of hydrogen-bond donors (Lipinski definition) is 3. The molecule has 1 aromatic rings. The summed E-state index contributed by atoms with van der Waals surface area (Å²) in [7, 11) is 0. The second-order valence-corrected chi connectivity index (χ2v) is 13.4. The summed E-state index contributed by atoms with van der Waals surface area (Å²) in [5, 5.41) is 8.03. The second-order valence-electron chi connectivity index (χ2n) is 13.4. The van der Waals surface area contributed by atoms with Crippen molar-refractivity contribution in [3.05, 3.63) is 60.7 Å². The van der Waals surface area contributed by atoms with Crippen molar-refractivity contribution in [1.82, 2.24) is 20.9 Å². The summed E-state index contributed by atoms with van der Waals surface area (Å²) in [4.78, 5) is 68.1. The number of alkyl carbamates (subject to hydrolysis) is 1. The Morgan fingerprint density at radius 1 is 1.05 bits per heavy atom. The Labute approximate surface area is 253 Å². The van der Waals surface area contributed by atoms with Gasteiger partial charge >= 0.3 is 6.09 Å². The van der Waals surface area contributed by atoms with Crippen LogP contribution in [0, 0.1) is 23.2 Å². The zero-order valence-corrected chi connectivity index (χ0v) is 25.8. The molecule has 5 atom stereocenters. The van der Waals surface area contributed by atoms with Crippen LogP contribution in [-0.4, -0.2) is 71.3 Å². The van der Waals surface area contributed by atoms with Gasteiger partial charge in [-0.15, -0.1) is 13.2 Å². The van der Waals surface area contributed by atoms with Gasteiger partial charge in [0, 0.05) is 13.1 Å². The van der Waals surface area contributed by atoms with Gasteiger partial charge < -0.3 is 25.6 Å². The monoisotopic (exact) mass is 592 g/mol. The van der Waals surface area contributed by atoms with Gasteiger partial charge in [0.2, 0.25) is 17.6 Å². The maximum atomic E-state index is 14.4. The molecule has 4 amide bonds. The van der Waals surface area contributed by atoms with Crippen LogP contribution in [0.1, 0.15) is 52.2 Å². The molecular weight excluding hydrogens is 548 g/mol. The first-order valence-electron chi connectivity index (χ1n) is 14.9. The molecule has 1 saturated heterocycles. The van der Waals surface area contributed by atoms with Crippen LogP contribution in [0.25, 0.3) is 0 Å². The summed E-state index contributed by atoms with van der Waals surface area (Å²) < 4.78 is 5.52.